The number of halogens is 1. The lowest BCUT2D eigenvalue weighted by atomic mass is 10.1. The number of nitrogens with zero attached hydrogens (tertiary/aromatic N) is 1. The van der Waals surface area contributed by atoms with Gasteiger partial charge in [-0.1, -0.05) is 25.4 Å². The highest BCUT2D eigenvalue weighted by Gasteiger charge is 2.22. The first kappa shape index (κ1) is 17.9. The van der Waals surface area contributed by atoms with Crippen LogP contribution in [0.1, 0.15) is 31.1 Å². The lowest BCUT2D eigenvalue weighted by Crippen LogP contribution is -2.38. The van der Waals surface area contributed by atoms with Gasteiger partial charge in [0, 0.05) is 17.1 Å². The lowest BCUT2D eigenvalue weighted by Gasteiger charge is -2.17. The molecule has 1 unspecified atom stereocenters. The Labute approximate surface area is 132 Å². The van der Waals surface area contributed by atoms with Crippen LogP contribution in [0.25, 0.3) is 0 Å². The standard InChI is InChI=1S/C14H17ClN2O5/c1-8(2)9(3)16-13(18)7-22-14(19)11-6-10(15)4-5-12(11)17(20)21/h4-6,8-9H,7H2,1-3H3,(H,16,18). The maximum absolute atomic E-state index is 11.9. The van der Waals surface area contributed by atoms with E-state index < -0.39 is 29.1 Å². The summed E-state index contributed by atoms with van der Waals surface area (Å²) in [6.07, 6.45) is 0. The van der Waals surface area contributed by atoms with Crippen molar-refractivity contribution in [1.29, 1.82) is 0 Å². The van der Waals surface area contributed by atoms with Crippen molar-refractivity contribution in [3.05, 3.63) is 38.9 Å². The maximum atomic E-state index is 11.9. The van der Waals surface area contributed by atoms with E-state index in [1.54, 1.807) is 0 Å². The molecule has 0 spiro atoms. The summed E-state index contributed by atoms with van der Waals surface area (Å²) >= 11 is 5.72. The van der Waals surface area contributed by atoms with Gasteiger partial charge in [-0.05, 0) is 25.0 Å². The zero-order valence-corrected chi connectivity index (χ0v) is 13.2. The van der Waals surface area contributed by atoms with Gasteiger partial charge in [0.05, 0.1) is 4.92 Å². The van der Waals surface area contributed by atoms with Crippen molar-refractivity contribution in [2.24, 2.45) is 5.92 Å². The number of nitrogens with one attached hydrogen (secondary N) is 1. The molecule has 1 aromatic rings. The van der Waals surface area contributed by atoms with Gasteiger partial charge in [0.1, 0.15) is 5.56 Å². The molecule has 0 saturated heterocycles. The number of benzene rings is 1. The molecule has 0 aliphatic carbocycles. The summed E-state index contributed by atoms with van der Waals surface area (Å²) in [5.74, 6) is -1.21. The average Bonchev–Trinajstić information content (AvgIpc) is 2.44. The maximum Gasteiger partial charge on any atom is 0.345 e. The zero-order chi connectivity index (χ0) is 16.9. The number of nitro benzene ring substituents is 1. The predicted molar refractivity (Wildman–Crippen MR) is 80.8 cm³/mol. The SMILES string of the molecule is CC(C)C(C)NC(=O)COC(=O)c1cc(Cl)ccc1[N+](=O)[O-]. The third-order valence-electron chi connectivity index (χ3n) is 3.10. The summed E-state index contributed by atoms with van der Waals surface area (Å²) in [5.41, 5.74) is -0.715. The van der Waals surface area contributed by atoms with Crippen LogP contribution in [0.5, 0.6) is 0 Å². The molecule has 7 nitrogen and oxygen atoms in total. The fourth-order valence-electron chi connectivity index (χ4n) is 1.50. The number of nitro groups is 1. The molecule has 1 rings (SSSR count). The molecule has 0 radical (unpaired) electrons. The number of esters is 1. The van der Waals surface area contributed by atoms with Gasteiger partial charge < -0.3 is 10.1 Å². The van der Waals surface area contributed by atoms with Crippen LogP contribution >= 0.6 is 11.6 Å². The van der Waals surface area contributed by atoms with Gasteiger partial charge >= 0.3 is 5.97 Å². The quantitative estimate of drug-likeness (QED) is 0.491. The van der Waals surface area contributed by atoms with Crippen molar-refractivity contribution in [2.45, 2.75) is 26.8 Å². The molecule has 1 atom stereocenters. The monoisotopic (exact) mass is 328 g/mol. The molecule has 0 saturated carbocycles. The number of rotatable bonds is 6. The normalized spacial score (nSPS) is 11.9. The molecule has 0 aromatic heterocycles. The van der Waals surface area contributed by atoms with E-state index in [1.807, 2.05) is 20.8 Å². The fraction of sp³-hybridized carbons (Fsp3) is 0.429. The van der Waals surface area contributed by atoms with Gasteiger partial charge in [0.25, 0.3) is 11.6 Å². The zero-order valence-electron chi connectivity index (χ0n) is 12.5. The van der Waals surface area contributed by atoms with Gasteiger partial charge in [-0.15, -0.1) is 0 Å². The second-order valence-corrected chi connectivity index (χ2v) is 5.53. The predicted octanol–water partition coefficient (Wildman–Crippen LogP) is 2.57. The Morgan fingerprint density at radius 3 is 2.55 bits per heavy atom. The van der Waals surface area contributed by atoms with Crippen molar-refractivity contribution in [1.82, 2.24) is 5.32 Å². The van der Waals surface area contributed by atoms with E-state index >= 15 is 0 Å². The first-order chi connectivity index (χ1) is 10.2. The Bertz CT molecular complexity index is 589. The average molecular weight is 329 g/mol. The fourth-order valence-corrected chi connectivity index (χ4v) is 1.67. The summed E-state index contributed by atoms with van der Waals surface area (Å²) in [6, 6.07) is 3.47. The van der Waals surface area contributed by atoms with Crippen LogP contribution in [0.3, 0.4) is 0 Å². The first-order valence-electron chi connectivity index (χ1n) is 6.62. The minimum absolute atomic E-state index is 0.0771. The van der Waals surface area contributed by atoms with Crippen molar-refractivity contribution < 1.29 is 19.2 Å². The number of ether oxygens (including phenoxy) is 1. The summed E-state index contributed by atoms with van der Waals surface area (Å²) in [7, 11) is 0. The Morgan fingerprint density at radius 2 is 2.00 bits per heavy atom. The Morgan fingerprint density at radius 1 is 1.36 bits per heavy atom. The molecule has 0 heterocycles. The summed E-state index contributed by atoms with van der Waals surface area (Å²) in [6.45, 7) is 5.18. The first-order valence-corrected chi connectivity index (χ1v) is 7.00. The molecule has 8 heteroatoms. The van der Waals surface area contributed by atoms with E-state index in [2.05, 4.69) is 5.32 Å². The van der Waals surface area contributed by atoms with E-state index in [0.29, 0.717) is 0 Å². The second-order valence-electron chi connectivity index (χ2n) is 5.09. The largest absolute Gasteiger partial charge is 0.452 e. The van der Waals surface area contributed by atoms with E-state index in [9.17, 15) is 19.7 Å². The van der Waals surface area contributed by atoms with Gasteiger partial charge in [-0.2, -0.15) is 0 Å². The van der Waals surface area contributed by atoms with Crippen molar-refractivity contribution in [2.75, 3.05) is 6.61 Å². The smallest absolute Gasteiger partial charge is 0.345 e. The third kappa shape index (κ3) is 5.00. The van der Waals surface area contributed by atoms with E-state index in [-0.39, 0.29) is 22.5 Å². The van der Waals surface area contributed by atoms with Gasteiger partial charge in [0.2, 0.25) is 0 Å². The Hall–Kier alpha value is -2.15. The molecular formula is C14H17ClN2O5. The summed E-state index contributed by atoms with van der Waals surface area (Å²) in [5, 5.41) is 13.7. The molecule has 0 bridgehead atoms. The highest BCUT2D eigenvalue weighted by atomic mass is 35.5. The number of amides is 1. The number of hydrogen-bond donors (Lipinski definition) is 1. The highest BCUT2D eigenvalue weighted by molar-refractivity contribution is 6.31. The molecular weight excluding hydrogens is 312 g/mol. The molecule has 0 aliphatic rings. The van der Waals surface area contributed by atoms with E-state index in [4.69, 9.17) is 16.3 Å². The van der Waals surface area contributed by atoms with Crippen LogP contribution in [0.4, 0.5) is 5.69 Å². The second kappa shape index (κ2) is 7.74. The van der Waals surface area contributed by atoms with Crippen LogP contribution in [-0.2, 0) is 9.53 Å². The van der Waals surface area contributed by atoms with E-state index in [1.165, 1.54) is 6.07 Å². The Balaban J connectivity index is 2.72. The molecule has 0 fully saturated rings. The minimum atomic E-state index is -0.971. The topological polar surface area (TPSA) is 98.5 Å². The Kier molecular flexibility index (Phi) is 6.30. The number of hydrogen-bond acceptors (Lipinski definition) is 5. The van der Waals surface area contributed by atoms with Gasteiger partial charge in [-0.25, -0.2) is 4.79 Å². The molecule has 0 aliphatic heterocycles. The third-order valence-corrected chi connectivity index (χ3v) is 3.33. The van der Waals surface area contributed by atoms with Crippen LogP contribution in [0.15, 0.2) is 18.2 Å². The van der Waals surface area contributed by atoms with Crippen molar-refractivity contribution in [3.63, 3.8) is 0 Å². The lowest BCUT2D eigenvalue weighted by molar-refractivity contribution is -0.385. The summed E-state index contributed by atoms with van der Waals surface area (Å²) in [4.78, 5) is 33.7. The van der Waals surface area contributed by atoms with Crippen molar-refractivity contribution in [3.8, 4) is 0 Å². The molecule has 1 amide bonds. The number of carbonyl (C=O) groups excluding carboxylic acids is 2. The van der Waals surface area contributed by atoms with Crippen LogP contribution in [0.2, 0.25) is 5.02 Å². The minimum Gasteiger partial charge on any atom is -0.452 e. The van der Waals surface area contributed by atoms with Crippen LogP contribution in [0, 0.1) is 16.0 Å². The molecule has 120 valence electrons. The molecule has 1 aromatic carbocycles. The van der Waals surface area contributed by atoms with Crippen LogP contribution in [-0.4, -0.2) is 29.4 Å². The van der Waals surface area contributed by atoms with Crippen LogP contribution < -0.4 is 5.32 Å². The number of carbonyl (C=O) groups is 2. The van der Waals surface area contributed by atoms with Gasteiger partial charge in [-0.3, -0.25) is 14.9 Å². The van der Waals surface area contributed by atoms with E-state index in [0.717, 1.165) is 12.1 Å². The summed E-state index contributed by atoms with van der Waals surface area (Å²) < 4.78 is 4.80. The molecule has 1 N–H and O–H groups in total. The van der Waals surface area contributed by atoms with Crippen molar-refractivity contribution >= 4 is 29.2 Å². The molecule has 22 heavy (non-hydrogen) atoms. The van der Waals surface area contributed by atoms with Gasteiger partial charge in [0.15, 0.2) is 6.61 Å². The highest BCUT2D eigenvalue weighted by Crippen LogP contribution is 2.23.